The zero-order chi connectivity index (χ0) is 10.7. The standard InChI is InChI=1S/C12H17IN2/c13-12-9-15(8-11(12)6-14)7-10-4-2-1-3-5-10/h1-5,11-12H,6-9,14H2. The van der Waals surface area contributed by atoms with Gasteiger partial charge in [0.1, 0.15) is 0 Å². The predicted molar refractivity (Wildman–Crippen MR) is 72.1 cm³/mol. The summed E-state index contributed by atoms with van der Waals surface area (Å²) in [5, 5.41) is 0. The van der Waals surface area contributed by atoms with Gasteiger partial charge in [-0.3, -0.25) is 4.90 Å². The molecule has 0 spiro atoms. The molecule has 1 aromatic carbocycles. The molecule has 0 saturated carbocycles. The van der Waals surface area contributed by atoms with Crippen LogP contribution in [0.5, 0.6) is 0 Å². The van der Waals surface area contributed by atoms with Crippen molar-refractivity contribution in [3.63, 3.8) is 0 Å². The van der Waals surface area contributed by atoms with Crippen molar-refractivity contribution in [3.8, 4) is 0 Å². The first-order valence-corrected chi connectivity index (χ1v) is 6.64. The Morgan fingerprint density at radius 1 is 1.27 bits per heavy atom. The van der Waals surface area contributed by atoms with Crippen LogP contribution in [-0.4, -0.2) is 28.5 Å². The van der Waals surface area contributed by atoms with Crippen LogP contribution in [-0.2, 0) is 6.54 Å². The summed E-state index contributed by atoms with van der Waals surface area (Å²) in [6.45, 7) is 4.21. The van der Waals surface area contributed by atoms with E-state index in [1.807, 2.05) is 0 Å². The SMILES string of the molecule is NCC1CN(Cc2ccccc2)CC1I. The highest BCUT2D eigenvalue weighted by atomic mass is 127. The number of hydrogen-bond donors (Lipinski definition) is 1. The van der Waals surface area contributed by atoms with Gasteiger partial charge >= 0.3 is 0 Å². The molecule has 82 valence electrons. The zero-order valence-electron chi connectivity index (χ0n) is 8.77. The van der Waals surface area contributed by atoms with Crippen LogP contribution in [0.4, 0.5) is 0 Å². The smallest absolute Gasteiger partial charge is 0.0290 e. The molecule has 1 aliphatic rings. The van der Waals surface area contributed by atoms with E-state index in [0.717, 1.165) is 23.6 Å². The minimum absolute atomic E-state index is 0.675. The van der Waals surface area contributed by atoms with E-state index in [9.17, 15) is 0 Å². The fraction of sp³-hybridized carbons (Fsp3) is 0.500. The number of benzene rings is 1. The number of rotatable bonds is 3. The predicted octanol–water partition coefficient (Wildman–Crippen LogP) is 1.88. The van der Waals surface area contributed by atoms with Gasteiger partial charge in [-0.15, -0.1) is 0 Å². The van der Waals surface area contributed by atoms with Crippen molar-refractivity contribution >= 4 is 22.6 Å². The Morgan fingerprint density at radius 3 is 2.60 bits per heavy atom. The summed E-state index contributed by atoms with van der Waals surface area (Å²) in [5.41, 5.74) is 7.15. The molecule has 1 fully saturated rings. The molecule has 2 N–H and O–H groups in total. The molecule has 0 bridgehead atoms. The molecule has 1 saturated heterocycles. The van der Waals surface area contributed by atoms with Crippen molar-refractivity contribution in [2.24, 2.45) is 11.7 Å². The summed E-state index contributed by atoms with van der Waals surface area (Å²) in [6.07, 6.45) is 0. The Bertz CT molecular complexity index is 302. The van der Waals surface area contributed by atoms with Crippen LogP contribution < -0.4 is 5.73 Å². The number of nitrogens with zero attached hydrogens (tertiary/aromatic N) is 1. The minimum atomic E-state index is 0.675. The number of likely N-dealkylation sites (tertiary alicyclic amines) is 1. The van der Waals surface area contributed by atoms with Gasteiger partial charge in [-0.05, 0) is 18.0 Å². The lowest BCUT2D eigenvalue weighted by atomic mass is 10.1. The van der Waals surface area contributed by atoms with Gasteiger partial charge < -0.3 is 5.73 Å². The van der Waals surface area contributed by atoms with E-state index in [1.165, 1.54) is 12.1 Å². The molecule has 1 aliphatic heterocycles. The molecule has 0 amide bonds. The lowest BCUT2D eigenvalue weighted by Gasteiger charge is -2.15. The lowest BCUT2D eigenvalue weighted by Crippen LogP contribution is -2.23. The molecule has 0 aliphatic carbocycles. The van der Waals surface area contributed by atoms with Crippen LogP contribution in [0.25, 0.3) is 0 Å². The maximum Gasteiger partial charge on any atom is 0.0290 e. The first kappa shape index (κ1) is 11.4. The van der Waals surface area contributed by atoms with E-state index >= 15 is 0 Å². The molecule has 2 rings (SSSR count). The number of hydrogen-bond acceptors (Lipinski definition) is 2. The van der Waals surface area contributed by atoms with Gasteiger partial charge in [-0.2, -0.15) is 0 Å². The molecule has 2 unspecified atom stereocenters. The van der Waals surface area contributed by atoms with E-state index in [4.69, 9.17) is 5.73 Å². The number of alkyl halides is 1. The summed E-state index contributed by atoms with van der Waals surface area (Å²) < 4.78 is 0.719. The molecule has 0 radical (unpaired) electrons. The zero-order valence-corrected chi connectivity index (χ0v) is 10.9. The Hall–Kier alpha value is -0.130. The molecular formula is C12H17IN2. The third-order valence-electron chi connectivity index (χ3n) is 2.99. The number of nitrogens with two attached hydrogens (primary N) is 1. The van der Waals surface area contributed by atoms with Gasteiger partial charge in [0.05, 0.1) is 0 Å². The third-order valence-corrected chi connectivity index (χ3v) is 4.40. The second kappa shape index (κ2) is 5.27. The Labute approximate surface area is 105 Å². The number of halogens is 1. The van der Waals surface area contributed by atoms with Crippen molar-refractivity contribution in [1.82, 2.24) is 4.90 Å². The molecule has 3 heteroatoms. The van der Waals surface area contributed by atoms with E-state index < -0.39 is 0 Å². The molecule has 0 aromatic heterocycles. The van der Waals surface area contributed by atoms with E-state index in [-0.39, 0.29) is 0 Å². The van der Waals surface area contributed by atoms with E-state index in [1.54, 1.807) is 0 Å². The maximum absolute atomic E-state index is 5.75. The molecule has 2 nitrogen and oxygen atoms in total. The summed E-state index contributed by atoms with van der Waals surface area (Å²) in [5.74, 6) is 0.675. The van der Waals surface area contributed by atoms with Crippen LogP contribution in [0.2, 0.25) is 0 Å². The van der Waals surface area contributed by atoms with Crippen molar-refractivity contribution in [1.29, 1.82) is 0 Å². The minimum Gasteiger partial charge on any atom is -0.330 e. The Morgan fingerprint density at radius 2 is 2.00 bits per heavy atom. The molecule has 1 heterocycles. The van der Waals surface area contributed by atoms with Crippen LogP contribution in [0.3, 0.4) is 0 Å². The van der Waals surface area contributed by atoms with Gasteiger partial charge in [-0.1, -0.05) is 52.9 Å². The van der Waals surface area contributed by atoms with Crippen LogP contribution in [0, 0.1) is 5.92 Å². The second-order valence-corrected chi connectivity index (χ2v) is 5.79. The largest absolute Gasteiger partial charge is 0.330 e. The topological polar surface area (TPSA) is 29.3 Å². The molecule has 1 aromatic rings. The quantitative estimate of drug-likeness (QED) is 0.681. The summed E-state index contributed by atoms with van der Waals surface area (Å²) in [7, 11) is 0. The second-order valence-electron chi connectivity index (χ2n) is 4.19. The van der Waals surface area contributed by atoms with E-state index in [2.05, 4.69) is 57.8 Å². The lowest BCUT2D eigenvalue weighted by molar-refractivity contribution is 0.318. The highest BCUT2D eigenvalue weighted by Crippen LogP contribution is 2.24. The van der Waals surface area contributed by atoms with E-state index in [0.29, 0.717) is 5.92 Å². The Kier molecular flexibility index (Phi) is 3.99. The average Bonchev–Trinajstić information content (AvgIpc) is 2.60. The van der Waals surface area contributed by atoms with Crippen molar-refractivity contribution in [3.05, 3.63) is 35.9 Å². The fourth-order valence-electron chi connectivity index (χ4n) is 2.11. The Balaban J connectivity index is 1.92. The molecule has 15 heavy (non-hydrogen) atoms. The molecular weight excluding hydrogens is 299 g/mol. The highest BCUT2D eigenvalue weighted by molar-refractivity contribution is 14.1. The van der Waals surface area contributed by atoms with Crippen LogP contribution >= 0.6 is 22.6 Å². The average molecular weight is 316 g/mol. The highest BCUT2D eigenvalue weighted by Gasteiger charge is 2.29. The summed E-state index contributed by atoms with van der Waals surface area (Å²) in [6, 6.07) is 10.7. The van der Waals surface area contributed by atoms with Crippen molar-refractivity contribution in [2.75, 3.05) is 19.6 Å². The van der Waals surface area contributed by atoms with Crippen molar-refractivity contribution in [2.45, 2.75) is 10.5 Å². The normalized spacial score (nSPS) is 27.1. The monoisotopic (exact) mass is 316 g/mol. The fourth-order valence-corrected chi connectivity index (χ4v) is 3.19. The van der Waals surface area contributed by atoms with Gasteiger partial charge in [0.15, 0.2) is 0 Å². The van der Waals surface area contributed by atoms with Crippen LogP contribution in [0.1, 0.15) is 5.56 Å². The van der Waals surface area contributed by atoms with Gasteiger partial charge in [0, 0.05) is 23.6 Å². The first-order chi connectivity index (χ1) is 7.29. The maximum atomic E-state index is 5.75. The van der Waals surface area contributed by atoms with Gasteiger partial charge in [-0.25, -0.2) is 0 Å². The summed E-state index contributed by atoms with van der Waals surface area (Å²) in [4.78, 5) is 2.50. The van der Waals surface area contributed by atoms with Gasteiger partial charge in [0.25, 0.3) is 0 Å². The van der Waals surface area contributed by atoms with Crippen LogP contribution in [0.15, 0.2) is 30.3 Å². The van der Waals surface area contributed by atoms with Gasteiger partial charge in [0.2, 0.25) is 0 Å². The molecule has 2 atom stereocenters. The van der Waals surface area contributed by atoms with Crippen molar-refractivity contribution < 1.29 is 0 Å². The summed E-state index contributed by atoms with van der Waals surface area (Å²) >= 11 is 2.53. The third kappa shape index (κ3) is 2.92. The first-order valence-electron chi connectivity index (χ1n) is 5.40.